The Morgan fingerprint density at radius 1 is 1.53 bits per heavy atom. The van der Waals surface area contributed by atoms with E-state index >= 15 is 0 Å². The highest BCUT2D eigenvalue weighted by molar-refractivity contribution is 7.98. The van der Waals surface area contributed by atoms with Crippen LogP contribution in [0, 0.1) is 5.92 Å². The van der Waals surface area contributed by atoms with Crippen molar-refractivity contribution < 1.29 is 0 Å². The minimum absolute atomic E-state index is 0.00842. The van der Waals surface area contributed by atoms with E-state index in [0.717, 1.165) is 46.6 Å². The Hall–Kier alpha value is -0.850. The molecule has 6 heteroatoms. The summed E-state index contributed by atoms with van der Waals surface area (Å²) in [5.74, 6) is 3.51. The molecule has 17 heavy (non-hydrogen) atoms. The van der Waals surface area contributed by atoms with Crippen molar-refractivity contribution in [1.82, 2.24) is 15.3 Å². The lowest BCUT2D eigenvalue weighted by atomic mass is 10.1. The third-order valence-corrected chi connectivity index (χ3v) is 4.91. The van der Waals surface area contributed by atoms with Gasteiger partial charge in [-0.3, -0.25) is 4.79 Å². The lowest BCUT2D eigenvalue weighted by Gasteiger charge is -2.26. The van der Waals surface area contributed by atoms with Gasteiger partial charge in [-0.25, -0.2) is 4.98 Å². The molecule has 90 valence electrons. The van der Waals surface area contributed by atoms with E-state index in [1.165, 1.54) is 11.3 Å². The lowest BCUT2D eigenvalue weighted by Crippen LogP contribution is -2.43. The summed E-state index contributed by atoms with van der Waals surface area (Å²) in [5, 5.41) is 5.16. The van der Waals surface area contributed by atoms with Gasteiger partial charge in [-0.15, -0.1) is 11.3 Å². The maximum Gasteiger partial charge on any atom is 0.268 e. The number of aromatic amines is 1. The molecule has 0 unspecified atom stereocenters. The average Bonchev–Trinajstić information content (AvgIpc) is 2.70. The molecule has 1 aliphatic heterocycles. The number of thiophene rings is 1. The molecule has 0 spiro atoms. The molecule has 3 rings (SSSR count). The summed E-state index contributed by atoms with van der Waals surface area (Å²) in [7, 11) is 0. The van der Waals surface area contributed by atoms with Crippen LogP contribution in [0.3, 0.4) is 0 Å². The highest BCUT2D eigenvalue weighted by Gasteiger charge is 2.16. The Balaban J connectivity index is 1.69. The van der Waals surface area contributed by atoms with Crippen LogP contribution in [-0.4, -0.2) is 28.8 Å². The number of aromatic nitrogens is 2. The van der Waals surface area contributed by atoms with E-state index in [1.807, 2.05) is 23.2 Å². The van der Waals surface area contributed by atoms with E-state index in [2.05, 4.69) is 15.3 Å². The van der Waals surface area contributed by atoms with Crippen LogP contribution < -0.4 is 10.9 Å². The van der Waals surface area contributed by atoms with Crippen LogP contribution in [0.15, 0.2) is 16.2 Å². The van der Waals surface area contributed by atoms with Gasteiger partial charge in [0, 0.05) is 0 Å². The summed E-state index contributed by atoms with van der Waals surface area (Å²) in [4.78, 5) is 19.0. The number of H-pyrrole nitrogens is 1. The molecule has 1 fully saturated rings. The summed E-state index contributed by atoms with van der Waals surface area (Å²) in [6.45, 7) is 2.25. The second-order valence-corrected chi connectivity index (χ2v) is 6.13. The van der Waals surface area contributed by atoms with Crippen molar-refractivity contribution in [3.63, 3.8) is 0 Å². The molecule has 0 amide bonds. The molecule has 0 aromatic carbocycles. The van der Waals surface area contributed by atoms with Crippen molar-refractivity contribution in [3.8, 4) is 0 Å². The Labute approximate surface area is 107 Å². The minimum Gasteiger partial charge on any atom is -0.316 e. The molecule has 1 saturated heterocycles. The molecule has 2 N–H and O–H groups in total. The fraction of sp³-hybridized carbons (Fsp3) is 0.455. The predicted molar refractivity (Wildman–Crippen MR) is 72.8 cm³/mol. The van der Waals surface area contributed by atoms with Crippen LogP contribution in [0.25, 0.3) is 10.2 Å². The first-order chi connectivity index (χ1) is 8.33. The van der Waals surface area contributed by atoms with Crippen molar-refractivity contribution in [2.45, 2.75) is 5.75 Å². The smallest absolute Gasteiger partial charge is 0.268 e. The quantitative estimate of drug-likeness (QED) is 0.880. The molecule has 1 aliphatic rings. The van der Waals surface area contributed by atoms with E-state index < -0.39 is 0 Å². The molecular weight excluding hydrogens is 254 g/mol. The average molecular weight is 267 g/mol. The molecule has 0 radical (unpaired) electrons. The summed E-state index contributed by atoms with van der Waals surface area (Å²) >= 11 is 3.28. The van der Waals surface area contributed by atoms with Crippen LogP contribution in [0.5, 0.6) is 0 Å². The maximum atomic E-state index is 11.7. The van der Waals surface area contributed by atoms with Crippen LogP contribution >= 0.6 is 23.1 Å². The number of nitrogens with zero attached hydrogens (tertiary/aromatic N) is 1. The van der Waals surface area contributed by atoms with E-state index in [0.29, 0.717) is 0 Å². The van der Waals surface area contributed by atoms with Crippen molar-refractivity contribution in [2.24, 2.45) is 5.92 Å². The Morgan fingerprint density at radius 3 is 3.18 bits per heavy atom. The van der Waals surface area contributed by atoms with Crippen LogP contribution in [0.2, 0.25) is 0 Å². The monoisotopic (exact) mass is 267 g/mol. The summed E-state index contributed by atoms with van der Waals surface area (Å²) < 4.78 is 0.724. The van der Waals surface area contributed by atoms with Crippen LogP contribution in [0.4, 0.5) is 0 Å². The fourth-order valence-electron chi connectivity index (χ4n) is 1.78. The molecule has 0 saturated carbocycles. The SMILES string of the molecule is O=c1[nH]c(CSCC2CNC2)nc2ccsc12. The normalized spacial score (nSPS) is 16.2. The van der Waals surface area contributed by atoms with Crippen molar-refractivity contribution in [2.75, 3.05) is 18.8 Å². The van der Waals surface area contributed by atoms with Crippen molar-refractivity contribution >= 4 is 33.3 Å². The molecule has 3 heterocycles. The van der Waals surface area contributed by atoms with E-state index in [9.17, 15) is 4.79 Å². The fourth-order valence-corrected chi connectivity index (χ4v) is 3.52. The van der Waals surface area contributed by atoms with Gasteiger partial charge in [0.05, 0.1) is 11.3 Å². The van der Waals surface area contributed by atoms with Crippen molar-refractivity contribution in [3.05, 3.63) is 27.6 Å². The van der Waals surface area contributed by atoms with Gasteiger partial charge in [0.2, 0.25) is 0 Å². The molecule has 4 nitrogen and oxygen atoms in total. The zero-order chi connectivity index (χ0) is 11.7. The van der Waals surface area contributed by atoms with Gasteiger partial charge in [0.25, 0.3) is 5.56 Å². The first-order valence-electron chi connectivity index (χ1n) is 5.58. The number of rotatable bonds is 4. The van der Waals surface area contributed by atoms with Gasteiger partial charge in [0.1, 0.15) is 10.5 Å². The van der Waals surface area contributed by atoms with E-state index in [4.69, 9.17) is 0 Å². The first kappa shape index (κ1) is 11.3. The van der Waals surface area contributed by atoms with Gasteiger partial charge < -0.3 is 10.3 Å². The van der Waals surface area contributed by atoms with Crippen LogP contribution in [-0.2, 0) is 5.75 Å². The summed E-state index contributed by atoms with van der Waals surface area (Å²) in [6, 6.07) is 1.90. The Morgan fingerprint density at radius 2 is 2.41 bits per heavy atom. The largest absolute Gasteiger partial charge is 0.316 e. The highest BCUT2D eigenvalue weighted by atomic mass is 32.2. The number of thioether (sulfide) groups is 1. The second kappa shape index (κ2) is 4.80. The van der Waals surface area contributed by atoms with Gasteiger partial charge >= 0.3 is 0 Å². The second-order valence-electron chi connectivity index (χ2n) is 4.19. The van der Waals surface area contributed by atoms with E-state index in [1.54, 1.807) is 0 Å². The molecule has 2 aromatic heterocycles. The molecule has 0 atom stereocenters. The zero-order valence-electron chi connectivity index (χ0n) is 9.23. The molecular formula is C11H13N3OS2. The number of hydrogen-bond acceptors (Lipinski definition) is 5. The van der Waals surface area contributed by atoms with Gasteiger partial charge in [-0.1, -0.05) is 0 Å². The summed E-state index contributed by atoms with van der Waals surface area (Å²) in [5.41, 5.74) is 0.811. The van der Waals surface area contributed by atoms with Gasteiger partial charge in [0.15, 0.2) is 0 Å². The highest BCUT2D eigenvalue weighted by Crippen LogP contribution is 2.18. The van der Waals surface area contributed by atoms with Gasteiger partial charge in [-0.2, -0.15) is 11.8 Å². The topological polar surface area (TPSA) is 57.8 Å². The predicted octanol–water partition coefficient (Wildman–Crippen LogP) is 1.44. The molecule has 0 bridgehead atoms. The van der Waals surface area contributed by atoms with Crippen LogP contribution in [0.1, 0.15) is 5.82 Å². The molecule has 2 aromatic rings. The zero-order valence-corrected chi connectivity index (χ0v) is 10.9. The minimum atomic E-state index is -0.00842. The van der Waals surface area contributed by atoms with Gasteiger partial charge in [-0.05, 0) is 36.2 Å². The summed E-state index contributed by atoms with van der Waals surface area (Å²) in [6.07, 6.45) is 0. The third-order valence-electron chi connectivity index (χ3n) is 2.82. The number of fused-ring (bicyclic) bond motifs is 1. The Bertz CT molecular complexity index is 573. The Kier molecular flexibility index (Phi) is 3.17. The first-order valence-corrected chi connectivity index (χ1v) is 7.61. The number of nitrogens with one attached hydrogen (secondary N) is 2. The maximum absolute atomic E-state index is 11.7. The third kappa shape index (κ3) is 2.38. The van der Waals surface area contributed by atoms with Crippen molar-refractivity contribution in [1.29, 1.82) is 0 Å². The lowest BCUT2D eigenvalue weighted by molar-refractivity contribution is 0.385. The van der Waals surface area contributed by atoms with E-state index in [-0.39, 0.29) is 5.56 Å². The number of hydrogen-bond donors (Lipinski definition) is 2. The standard InChI is InChI=1S/C11H13N3OS2/c15-11-10-8(1-2-17-10)13-9(14-11)6-16-5-7-3-12-4-7/h1-2,7,12H,3-6H2,(H,13,14,15). The molecule has 0 aliphatic carbocycles.